The topological polar surface area (TPSA) is 18.5 Å². The molecule has 2 aromatic carbocycles. The number of hydroxylamine groups is 4. The van der Waals surface area contributed by atoms with Gasteiger partial charge >= 0.3 is 0 Å². The average Bonchev–Trinajstić information content (AvgIpc) is 2.62. The third-order valence-corrected chi connectivity index (χ3v) is 5.21. The molecule has 1 unspecified atom stereocenters. The molecule has 0 bridgehead atoms. The molecule has 0 N–H and O–H groups in total. The van der Waals surface area contributed by atoms with Crippen LogP contribution in [0.5, 0.6) is 5.75 Å². The minimum atomic E-state index is -0.199. The number of hydrogen-bond acceptors (Lipinski definition) is 2. The van der Waals surface area contributed by atoms with E-state index in [2.05, 4.69) is 65.1 Å². The minimum absolute atomic E-state index is 0. The number of halogens is 1. The molecule has 1 atom stereocenters. The number of benzene rings is 2. The molecule has 0 aliphatic heterocycles. The molecular weight excluding hydrogens is 382 g/mol. The minimum Gasteiger partial charge on any atom is -1.00 e. The van der Waals surface area contributed by atoms with Crippen LogP contribution in [0.4, 0.5) is 0 Å². The van der Waals surface area contributed by atoms with Gasteiger partial charge in [-0.1, -0.05) is 76.2 Å². The Labute approximate surface area is 183 Å². The van der Waals surface area contributed by atoms with Gasteiger partial charge in [0, 0.05) is 24.1 Å². The van der Waals surface area contributed by atoms with Gasteiger partial charge in [-0.05, 0) is 36.5 Å². The first-order valence-electron chi connectivity index (χ1n) is 10.6. The SMILES string of the molecule is CCO[N+](C)(Oc1ccccc1)C(Cc1ccccc1)(CC(C)C)CC(C)C.[Cl-]. The largest absolute Gasteiger partial charge is 1.00 e. The highest BCUT2D eigenvalue weighted by molar-refractivity contribution is 5.20. The van der Waals surface area contributed by atoms with E-state index >= 15 is 0 Å². The van der Waals surface area contributed by atoms with Crippen LogP contribution in [0.3, 0.4) is 0 Å². The molecule has 0 radical (unpaired) electrons. The van der Waals surface area contributed by atoms with Crippen molar-refractivity contribution in [1.82, 2.24) is 0 Å². The molecule has 29 heavy (non-hydrogen) atoms. The Hall–Kier alpha value is -1.55. The van der Waals surface area contributed by atoms with Crippen molar-refractivity contribution in [3.05, 3.63) is 66.2 Å². The predicted octanol–water partition coefficient (Wildman–Crippen LogP) is 3.46. The summed E-state index contributed by atoms with van der Waals surface area (Å²) in [5.41, 5.74) is 1.12. The fourth-order valence-corrected chi connectivity index (χ4v) is 4.39. The van der Waals surface area contributed by atoms with Crippen LogP contribution in [0.2, 0.25) is 0 Å². The van der Waals surface area contributed by atoms with Crippen LogP contribution in [0, 0.1) is 11.8 Å². The first-order valence-corrected chi connectivity index (χ1v) is 10.6. The summed E-state index contributed by atoms with van der Waals surface area (Å²) >= 11 is 0. The van der Waals surface area contributed by atoms with Crippen LogP contribution in [-0.2, 0) is 11.3 Å². The van der Waals surface area contributed by atoms with Crippen molar-refractivity contribution >= 4 is 0 Å². The second-order valence-electron chi connectivity index (χ2n) is 8.75. The molecule has 0 aliphatic carbocycles. The molecule has 0 spiro atoms. The molecule has 0 saturated carbocycles. The van der Waals surface area contributed by atoms with E-state index in [1.165, 1.54) is 5.56 Å². The Kier molecular flexibility index (Phi) is 10.2. The van der Waals surface area contributed by atoms with Crippen LogP contribution >= 0.6 is 0 Å². The van der Waals surface area contributed by atoms with Gasteiger partial charge in [-0.3, -0.25) is 4.84 Å². The lowest BCUT2D eigenvalue weighted by molar-refractivity contribution is -1.25. The van der Waals surface area contributed by atoms with Gasteiger partial charge in [0.05, 0.1) is 0 Å². The summed E-state index contributed by atoms with van der Waals surface area (Å²) in [5.74, 6) is 1.89. The van der Waals surface area contributed by atoms with Gasteiger partial charge in [-0.25, -0.2) is 0 Å². The Morgan fingerprint density at radius 3 is 1.76 bits per heavy atom. The smallest absolute Gasteiger partial charge is 0.194 e. The zero-order valence-electron chi connectivity index (χ0n) is 18.9. The number of rotatable bonds is 11. The number of hydrogen-bond donors (Lipinski definition) is 0. The Morgan fingerprint density at radius 1 is 0.828 bits per heavy atom. The highest BCUT2D eigenvalue weighted by Gasteiger charge is 2.54. The van der Waals surface area contributed by atoms with Crippen LogP contribution in [0.1, 0.15) is 53.0 Å². The highest BCUT2D eigenvalue weighted by atomic mass is 35.5. The van der Waals surface area contributed by atoms with E-state index in [0.29, 0.717) is 18.4 Å². The summed E-state index contributed by atoms with van der Waals surface area (Å²) in [6.45, 7) is 11.8. The second kappa shape index (κ2) is 11.6. The molecule has 0 saturated heterocycles. The first-order chi connectivity index (χ1) is 13.3. The van der Waals surface area contributed by atoms with Gasteiger partial charge in [0.25, 0.3) is 0 Å². The van der Waals surface area contributed by atoms with E-state index in [4.69, 9.17) is 9.68 Å². The maximum atomic E-state index is 6.60. The second-order valence-corrected chi connectivity index (χ2v) is 8.75. The molecule has 4 heteroatoms. The summed E-state index contributed by atoms with van der Waals surface area (Å²) in [6, 6.07) is 20.8. The zero-order chi connectivity index (χ0) is 20.6. The van der Waals surface area contributed by atoms with Crippen molar-refractivity contribution in [1.29, 1.82) is 0 Å². The highest BCUT2D eigenvalue weighted by Crippen LogP contribution is 2.40. The maximum absolute atomic E-state index is 6.60. The van der Waals surface area contributed by atoms with Crippen molar-refractivity contribution in [2.24, 2.45) is 11.8 Å². The van der Waals surface area contributed by atoms with Crippen molar-refractivity contribution in [3.63, 3.8) is 0 Å². The third kappa shape index (κ3) is 7.02. The summed E-state index contributed by atoms with van der Waals surface area (Å²) < 4.78 is 0. The van der Waals surface area contributed by atoms with Gasteiger partial charge in [-0.15, -0.1) is 0 Å². The van der Waals surface area contributed by atoms with Crippen molar-refractivity contribution in [2.75, 3.05) is 13.7 Å². The molecule has 2 rings (SSSR count). The Bertz CT molecular complexity index is 680. The van der Waals surface area contributed by atoms with E-state index in [9.17, 15) is 0 Å². The quantitative estimate of drug-likeness (QED) is 0.410. The predicted molar refractivity (Wildman–Crippen MR) is 117 cm³/mol. The summed E-state index contributed by atoms with van der Waals surface area (Å²) in [5, 5.41) is 0. The Balaban J connectivity index is 0.00000420. The van der Waals surface area contributed by atoms with Gasteiger partial charge < -0.3 is 12.4 Å². The average molecular weight is 420 g/mol. The van der Waals surface area contributed by atoms with E-state index in [-0.39, 0.29) is 22.8 Å². The summed E-state index contributed by atoms with van der Waals surface area (Å²) in [6.07, 6.45) is 2.94. The normalized spacial score (nSPS) is 13.8. The zero-order valence-corrected chi connectivity index (χ0v) is 19.7. The van der Waals surface area contributed by atoms with Gasteiger partial charge in [-0.2, -0.15) is 4.84 Å². The lowest BCUT2D eigenvalue weighted by Gasteiger charge is -2.47. The fourth-order valence-electron chi connectivity index (χ4n) is 4.39. The Morgan fingerprint density at radius 2 is 1.31 bits per heavy atom. The summed E-state index contributed by atoms with van der Waals surface area (Å²) in [7, 11) is 2.09. The molecule has 0 aromatic heterocycles. The molecule has 3 nitrogen and oxygen atoms in total. The molecule has 162 valence electrons. The molecular formula is C25H38ClNO2. The van der Waals surface area contributed by atoms with Crippen molar-refractivity contribution in [3.8, 4) is 5.75 Å². The third-order valence-electron chi connectivity index (χ3n) is 5.21. The van der Waals surface area contributed by atoms with Gasteiger partial charge in [0.2, 0.25) is 0 Å². The number of likely N-dealkylation sites (N-methyl/N-ethyl adjacent to an activating group) is 1. The fraction of sp³-hybridized carbons (Fsp3) is 0.520. The number of quaternary nitrogens is 1. The van der Waals surface area contributed by atoms with Gasteiger partial charge in [0.1, 0.15) is 13.7 Å². The van der Waals surface area contributed by atoms with Crippen molar-refractivity contribution < 1.29 is 26.9 Å². The monoisotopic (exact) mass is 419 g/mol. The lowest BCUT2D eigenvalue weighted by Crippen LogP contribution is -3.00. The molecule has 0 aliphatic rings. The van der Waals surface area contributed by atoms with E-state index in [1.54, 1.807) is 0 Å². The molecule has 0 heterocycles. The number of nitrogens with zero attached hydrogens (tertiary/aromatic N) is 1. The standard InChI is InChI=1S/C25H38NO2.ClH/c1-7-27-26(6,28-24-16-12-9-13-17-24)25(18-21(2)3,19-22(4)5)20-23-14-10-8-11-15-23;/h8-17,21-22H,7,18-20H2,1-6H3;1H/q+1;/p-1. The molecule has 2 aromatic rings. The maximum Gasteiger partial charge on any atom is 0.194 e. The van der Waals surface area contributed by atoms with Crippen LogP contribution < -0.4 is 17.2 Å². The van der Waals surface area contributed by atoms with E-state index in [0.717, 1.165) is 25.0 Å². The van der Waals surface area contributed by atoms with Crippen LogP contribution in [0.25, 0.3) is 0 Å². The lowest BCUT2D eigenvalue weighted by atomic mass is 9.77. The summed E-state index contributed by atoms with van der Waals surface area (Å²) in [4.78, 5) is 13.1. The van der Waals surface area contributed by atoms with Gasteiger partial charge in [0.15, 0.2) is 11.3 Å². The molecule has 0 amide bonds. The molecule has 0 fully saturated rings. The number of para-hydroxylation sites is 1. The van der Waals surface area contributed by atoms with E-state index in [1.807, 2.05) is 37.3 Å². The van der Waals surface area contributed by atoms with Crippen LogP contribution in [0.15, 0.2) is 60.7 Å². The van der Waals surface area contributed by atoms with Crippen molar-refractivity contribution in [2.45, 2.75) is 59.4 Å². The first kappa shape index (κ1) is 25.5. The van der Waals surface area contributed by atoms with Crippen LogP contribution in [-0.4, -0.2) is 24.0 Å². The van der Waals surface area contributed by atoms with E-state index < -0.39 is 0 Å².